The van der Waals surface area contributed by atoms with E-state index in [9.17, 15) is 13.5 Å². The van der Waals surface area contributed by atoms with Gasteiger partial charge in [0.15, 0.2) is 0 Å². The number of hydrogen-bond donors (Lipinski definition) is 2. The molecule has 2 unspecified atom stereocenters. The summed E-state index contributed by atoms with van der Waals surface area (Å²) >= 11 is 0. The molecule has 0 radical (unpaired) electrons. The van der Waals surface area contributed by atoms with Crippen molar-refractivity contribution in [1.29, 1.82) is 0 Å². The van der Waals surface area contributed by atoms with Crippen LogP contribution in [0.4, 0.5) is 0 Å². The van der Waals surface area contributed by atoms with Crippen molar-refractivity contribution >= 4 is 10.0 Å². The normalized spacial score (nSPS) is 15.0. The molecule has 0 aliphatic heterocycles. The van der Waals surface area contributed by atoms with Crippen molar-refractivity contribution in [3.8, 4) is 0 Å². The Kier molecular flexibility index (Phi) is 13.9. The molecule has 0 aromatic carbocycles. The lowest BCUT2D eigenvalue weighted by Crippen LogP contribution is -2.33. The van der Waals surface area contributed by atoms with Gasteiger partial charge in [0, 0.05) is 13.2 Å². The lowest BCUT2D eigenvalue weighted by molar-refractivity contribution is 0.178. The van der Waals surface area contributed by atoms with Crippen LogP contribution in [0.3, 0.4) is 0 Å². The van der Waals surface area contributed by atoms with Gasteiger partial charge in [-0.3, -0.25) is 0 Å². The van der Waals surface area contributed by atoms with Crippen LogP contribution in [0.5, 0.6) is 0 Å². The molecule has 0 aliphatic rings. The van der Waals surface area contributed by atoms with E-state index < -0.39 is 10.0 Å². The highest BCUT2D eigenvalue weighted by atomic mass is 32.2. The Morgan fingerprint density at radius 2 is 1.40 bits per heavy atom. The van der Waals surface area contributed by atoms with Crippen molar-refractivity contribution in [2.45, 2.75) is 86.0 Å². The SMILES string of the molecule is CCCCC(CNS(=O)(=O)CCCCCCC(CO)C(C)C)C(C)C. The highest BCUT2D eigenvalue weighted by Gasteiger charge is 2.17. The monoisotopic (exact) mass is 377 g/mol. The topological polar surface area (TPSA) is 66.4 Å². The molecule has 0 amide bonds. The molecule has 0 saturated carbocycles. The average molecular weight is 378 g/mol. The van der Waals surface area contributed by atoms with Crippen LogP contribution in [-0.4, -0.2) is 32.4 Å². The minimum Gasteiger partial charge on any atom is -0.396 e. The standard InChI is InChI=1S/C20H43NO3S/c1-6-7-12-19(17(2)3)15-21-25(23,24)14-11-9-8-10-13-20(16-22)18(4)5/h17-22H,6-16H2,1-5H3. The summed E-state index contributed by atoms with van der Waals surface area (Å²) in [5.41, 5.74) is 0. The summed E-state index contributed by atoms with van der Waals surface area (Å²) in [6.45, 7) is 11.6. The number of rotatable bonds is 16. The minimum absolute atomic E-state index is 0.235. The van der Waals surface area contributed by atoms with Crippen LogP contribution < -0.4 is 4.72 Å². The predicted octanol–water partition coefficient (Wildman–Crippen LogP) is 4.58. The van der Waals surface area contributed by atoms with E-state index in [-0.39, 0.29) is 12.4 Å². The van der Waals surface area contributed by atoms with Crippen LogP contribution in [0.1, 0.15) is 86.0 Å². The molecule has 0 spiro atoms. The number of sulfonamides is 1. The van der Waals surface area contributed by atoms with Gasteiger partial charge in [-0.15, -0.1) is 0 Å². The lowest BCUT2D eigenvalue weighted by Gasteiger charge is -2.21. The number of nitrogens with one attached hydrogen (secondary N) is 1. The Labute approximate surface area is 157 Å². The van der Waals surface area contributed by atoms with Gasteiger partial charge in [-0.25, -0.2) is 13.1 Å². The molecule has 2 N–H and O–H groups in total. The molecule has 0 aromatic rings. The molecule has 4 nitrogen and oxygen atoms in total. The van der Waals surface area contributed by atoms with Crippen molar-refractivity contribution < 1.29 is 13.5 Å². The summed E-state index contributed by atoms with van der Waals surface area (Å²) in [7, 11) is -3.15. The van der Waals surface area contributed by atoms with E-state index in [4.69, 9.17) is 0 Å². The highest BCUT2D eigenvalue weighted by Crippen LogP contribution is 2.19. The average Bonchev–Trinajstić information content (AvgIpc) is 2.53. The Morgan fingerprint density at radius 3 is 1.92 bits per heavy atom. The number of aliphatic hydroxyl groups excluding tert-OH is 1. The maximum absolute atomic E-state index is 12.2. The largest absolute Gasteiger partial charge is 0.396 e. The molecule has 152 valence electrons. The number of hydrogen-bond acceptors (Lipinski definition) is 3. The van der Waals surface area contributed by atoms with Crippen molar-refractivity contribution in [1.82, 2.24) is 4.72 Å². The van der Waals surface area contributed by atoms with Crippen LogP contribution in [0.25, 0.3) is 0 Å². The summed E-state index contributed by atoms with van der Waals surface area (Å²) in [6, 6.07) is 0. The van der Waals surface area contributed by atoms with E-state index >= 15 is 0 Å². The fourth-order valence-electron chi connectivity index (χ4n) is 3.13. The number of unbranched alkanes of at least 4 members (excludes halogenated alkanes) is 4. The van der Waals surface area contributed by atoms with E-state index in [0.29, 0.717) is 30.2 Å². The third-order valence-corrected chi connectivity index (χ3v) is 6.78. The molecule has 25 heavy (non-hydrogen) atoms. The quantitative estimate of drug-likeness (QED) is 0.387. The third kappa shape index (κ3) is 12.8. The Bertz CT molecular complexity index is 407. The summed E-state index contributed by atoms with van der Waals surface area (Å²) in [5.74, 6) is 2.06. The van der Waals surface area contributed by atoms with Gasteiger partial charge in [-0.2, -0.15) is 0 Å². The van der Waals surface area contributed by atoms with Gasteiger partial charge in [0.05, 0.1) is 5.75 Å². The van der Waals surface area contributed by atoms with Gasteiger partial charge in [0.2, 0.25) is 10.0 Å². The number of aliphatic hydroxyl groups is 1. The van der Waals surface area contributed by atoms with E-state index in [0.717, 1.165) is 51.4 Å². The van der Waals surface area contributed by atoms with Crippen LogP contribution in [0, 0.1) is 23.7 Å². The fourth-order valence-corrected chi connectivity index (χ4v) is 4.33. The van der Waals surface area contributed by atoms with Gasteiger partial charge in [0.25, 0.3) is 0 Å². The second-order valence-corrected chi connectivity index (χ2v) is 10.1. The van der Waals surface area contributed by atoms with Crippen molar-refractivity contribution in [2.75, 3.05) is 18.9 Å². The van der Waals surface area contributed by atoms with E-state index in [1.165, 1.54) is 0 Å². The zero-order chi connectivity index (χ0) is 19.3. The Balaban J connectivity index is 3.96. The first-order chi connectivity index (χ1) is 11.7. The fraction of sp³-hybridized carbons (Fsp3) is 1.00. The summed E-state index contributed by atoms with van der Waals surface area (Å²) in [6.07, 6.45) is 8.24. The Hall–Kier alpha value is -0.130. The van der Waals surface area contributed by atoms with Gasteiger partial charge < -0.3 is 5.11 Å². The first-order valence-electron chi connectivity index (χ1n) is 10.3. The molecule has 0 aliphatic carbocycles. The van der Waals surface area contributed by atoms with Crippen LogP contribution in [-0.2, 0) is 10.0 Å². The van der Waals surface area contributed by atoms with Gasteiger partial charge in [-0.05, 0) is 42.9 Å². The van der Waals surface area contributed by atoms with Gasteiger partial charge >= 0.3 is 0 Å². The van der Waals surface area contributed by atoms with Crippen LogP contribution >= 0.6 is 0 Å². The molecular weight excluding hydrogens is 334 g/mol. The maximum Gasteiger partial charge on any atom is 0.211 e. The van der Waals surface area contributed by atoms with Crippen LogP contribution in [0.2, 0.25) is 0 Å². The van der Waals surface area contributed by atoms with Crippen molar-refractivity contribution in [3.63, 3.8) is 0 Å². The second-order valence-electron chi connectivity index (χ2n) is 8.20. The first-order valence-corrected chi connectivity index (χ1v) is 12.0. The summed E-state index contributed by atoms with van der Waals surface area (Å²) in [5, 5.41) is 9.31. The molecule has 0 fully saturated rings. The zero-order valence-electron chi connectivity index (χ0n) is 17.3. The first kappa shape index (κ1) is 24.9. The predicted molar refractivity (Wildman–Crippen MR) is 108 cm³/mol. The van der Waals surface area contributed by atoms with Crippen molar-refractivity contribution in [3.05, 3.63) is 0 Å². The third-order valence-electron chi connectivity index (χ3n) is 5.35. The molecular formula is C20H43NO3S. The molecule has 0 rings (SSSR count). The lowest BCUT2D eigenvalue weighted by atomic mass is 9.91. The molecule has 0 bridgehead atoms. The van der Waals surface area contributed by atoms with Gasteiger partial charge in [0.1, 0.15) is 0 Å². The van der Waals surface area contributed by atoms with E-state index in [1.807, 2.05) is 0 Å². The molecule has 5 heteroatoms. The molecule has 0 aromatic heterocycles. The smallest absolute Gasteiger partial charge is 0.211 e. The van der Waals surface area contributed by atoms with E-state index in [1.54, 1.807) is 0 Å². The highest BCUT2D eigenvalue weighted by molar-refractivity contribution is 7.89. The minimum atomic E-state index is -3.15. The molecule has 2 atom stereocenters. The molecule has 0 saturated heterocycles. The van der Waals surface area contributed by atoms with Crippen molar-refractivity contribution in [2.24, 2.45) is 23.7 Å². The van der Waals surface area contributed by atoms with Gasteiger partial charge in [-0.1, -0.05) is 66.7 Å². The maximum atomic E-state index is 12.2. The summed E-state index contributed by atoms with van der Waals surface area (Å²) in [4.78, 5) is 0. The van der Waals surface area contributed by atoms with E-state index in [2.05, 4.69) is 39.3 Å². The zero-order valence-corrected chi connectivity index (χ0v) is 18.1. The summed E-state index contributed by atoms with van der Waals surface area (Å²) < 4.78 is 27.1. The Morgan fingerprint density at radius 1 is 0.840 bits per heavy atom. The molecule has 0 heterocycles. The second kappa shape index (κ2) is 14.0. The van der Waals surface area contributed by atoms with Crippen LogP contribution in [0.15, 0.2) is 0 Å².